The summed E-state index contributed by atoms with van der Waals surface area (Å²) >= 11 is 5.46. The van der Waals surface area contributed by atoms with Crippen LogP contribution in [-0.2, 0) is 16.0 Å². The highest BCUT2D eigenvalue weighted by molar-refractivity contribution is 7.80. The number of nitrogens with two attached hydrogens (primary N) is 1. The Hall–Kier alpha value is -4.46. The molecule has 0 saturated heterocycles. The monoisotopic (exact) mass is 621 g/mol. The first-order valence-electron chi connectivity index (χ1n) is 13.9. The van der Waals surface area contributed by atoms with Gasteiger partial charge in [0.1, 0.15) is 17.1 Å². The molecule has 0 fully saturated rings. The van der Waals surface area contributed by atoms with Crippen molar-refractivity contribution in [3.63, 3.8) is 0 Å². The van der Waals surface area contributed by atoms with E-state index in [1.807, 2.05) is 31.2 Å². The number of aryl methyl sites for hydroxylation is 1. The van der Waals surface area contributed by atoms with Crippen LogP contribution in [0.3, 0.4) is 0 Å². The summed E-state index contributed by atoms with van der Waals surface area (Å²) in [6.07, 6.45) is 0.173. The highest BCUT2D eigenvalue weighted by Crippen LogP contribution is 2.53. The summed E-state index contributed by atoms with van der Waals surface area (Å²) in [5, 5.41) is 51.9. The Balaban J connectivity index is 1.62. The number of fused-ring (bicyclic) bond motifs is 3. The van der Waals surface area contributed by atoms with E-state index in [9.17, 15) is 34.8 Å². The molecule has 12 nitrogen and oxygen atoms in total. The molecule has 5 rings (SSSR count). The third-order valence-corrected chi connectivity index (χ3v) is 8.94. The van der Waals surface area contributed by atoms with Crippen LogP contribution in [0.5, 0.6) is 5.75 Å². The normalized spacial score (nSPS) is 24.5. The van der Waals surface area contributed by atoms with Gasteiger partial charge in [0.2, 0.25) is 5.78 Å². The maximum absolute atomic E-state index is 14.2. The van der Waals surface area contributed by atoms with E-state index < -0.39 is 63.8 Å². The lowest BCUT2D eigenvalue weighted by Crippen LogP contribution is -2.63. The molecule has 2 aromatic rings. The summed E-state index contributed by atoms with van der Waals surface area (Å²) in [6.45, 7) is 1.95. The smallest absolute Gasteiger partial charge is 0.255 e. The Bertz CT molecular complexity index is 1680. The molecule has 0 aliphatic heterocycles. The number of carbonyl (C=O) groups excluding carboxylic acids is 3. The fraction of sp³-hybridized carbons (Fsp3) is 0.355. The molecule has 3 aliphatic rings. The Morgan fingerprint density at radius 1 is 1.07 bits per heavy atom. The van der Waals surface area contributed by atoms with Crippen molar-refractivity contribution in [1.82, 2.24) is 4.90 Å². The first-order valence-corrected chi connectivity index (χ1v) is 14.4. The number of ketones is 2. The van der Waals surface area contributed by atoms with Gasteiger partial charge in [-0.2, -0.15) is 0 Å². The van der Waals surface area contributed by atoms with Gasteiger partial charge in [-0.15, -0.1) is 0 Å². The third kappa shape index (κ3) is 4.68. The van der Waals surface area contributed by atoms with Gasteiger partial charge in [0, 0.05) is 37.0 Å². The predicted molar refractivity (Wildman–Crippen MR) is 169 cm³/mol. The van der Waals surface area contributed by atoms with E-state index >= 15 is 0 Å². The summed E-state index contributed by atoms with van der Waals surface area (Å²) in [5.74, 6) is -7.07. The van der Waals surface area contributed by atoms with Crippen LogP contribution >= 0.6 is 12.2 Å². The molecule has 0 unspecified atom stereocenters. The molecule has 13 heteroatoms. The predicted octanol–water partition coefficient (Wildman–Crippen LogP) is 2.30. The summed E-state index contributed by atoms with van der Waals surface area (Å²) in [4.78, 5) is 43.2. The SMILES string of the molecule is Cc1ccc(NC(=S)Nc2cc(N(C)C)c3c(c2O)C(=O)C2=C(O)[C@]4(O)C(=O)C(C(N)=O)=C(O)[C@@H](N(C)C)[C@@H]4C[C@@H]2C3)cc1. The van der Waals surface area contributed by atoms with Gasteiger partial charge in [0.05, 0.1) is 17.3 Å². The number of aromatic hydroxyl groups is 1. The number of primary amides is 1. The zero-order valence-electron chi connectivity index (χ0n) is 24.9. The molecule has 4 atom stereocenters. The highest BCUT2D eigenvalue weighted by Gasteiger charge is 2.63. The highest BCUT2D eigenvalue weighted by atomic mass is 32.1. The number of Topliss-reactive ketones (excluding diaryl/α,β-unsaturated/α-hetero) is 2. The number of amides is 1. The number of phenolic OH excluding ortho intramolecular Hbond substituents is 1. The zero-order valence-corrected chi connectivity index (χ0v) is 25.7. The quantitative estimate of drug-likeness (QED) is 0.147. The minimum absolute atomic E-state index is 0.00392. The van der Waals surface area contributed by atoms with Crippen molar-refractivity contribution in [1.29, 1.82) is 0 Å². The van der Waals surface area contributed by atoms with Gasteiger partial charge in [-0.05, 0) is 75.8 Å². The van der Waals surface area contributed by atoms with Crippen LogP contribution in [0.2, 0.25) is 0 Å². The third-order valence-electron chi connectivity index (χ3n) is 8.74. The van der Waals surface area contributed by atoms with Crippen LogP contribution in [0.1, 0.15) is 27.9 Å². The van der Waals surface area contributed by atoms with Gasteiger partial charge in [-0.1, -0.05) is 17.7 Å². The van der Waals surface area contributed by atoms with Crippen molar-refractivity contribution < 1.29 is 34.8 Å². The molecular weight excluding hydrogens is 586 g/mol. The van der Waals surface area contributed by atoms with Gasteiger partial charge in [0.25, 0.3) is 5.91 Å². The van der Waals surface area contributed by atoms with Gasteiger partial charge in [-0.3, -0.25) is 19.3 Å². The molecule has 0 bridgehead atoms. The number of carbonyl (C=O) groups is 3. The van der Waals surface area contributed by atoms with Crippen molar-refractivity contribution in [2.24, 2.45) is 17.6 Å². The van der Waals surface area contributed by atoms with Crippen molar-refractivity contribution in [2.75, 3.05) is 43.7 Å². The van der Waals surface area contributed by atoms with E-state index in [2.05, 4.69) is 10.6 Å². The average Bonchev–Trinajstić information content (AvgIpc) is 2.93. The molecule has 1 amide bonds. The fourth-order valence-electron chi connectivity index (χ4n) is 6.71. The number of benzene rings is 2. The first kappa shape index (κ1) is 31.0. The summed E-state index contributed by atoms with van der Waals surface area (Å²) in [6, 6.07) is 8.10. The molecule has 0 radical (unpaired) electrons. The number of hydrogen-bond donors (Lipinski definition) is 7. The van der Waals surface area contributed by atoms with E-state index in [0.717, 1.165) is 5.56 Å². The van der Waals surface area contributed by atoms with Crippen LogP contribution in [0.25, 0.3) is 0 Å². The van der Waals surface area contributed by atoms with E-state index in [1.54, 1.807) is 39.2 Å². The second kappa shape index (κ2) is 10.9. The number of aliphatic hydroxyl groups excluding tert-OH is 2. The molecule has 0 heterocycles. The zero-order chi connectivity index (χ0) is 32.4. The van der Waals surface area contributed by atoms with Crippen molar-refractivity contribution in [3.8, 4) is 5.75 Å². The summed E-state index contributed by atoms with van der Waals surface area (Å²) in [7, 11) is 6.73. The van der Waals surface area contributed by atoms with Crippen molar-refractivity contribution in [2.45, 2.75) is 31.4 Å². The largest absolute Gasteiger partial charge is 0.510 e. The van der Waals surface area contributed by atoms with Gasteiger partial charge in [0.15, 0.2) is 22.2 Å². The number of thiocarbonyl (C=S) groups is 1. The van der Waals surface area contributed by atoms with Gasteiger partial charge >= 0.3 is 0 Å². The molecule has 0 spiro atoms. The Morgan fingerprint density at radius 2 is 1.70 bits per heavy atom. The van der Waals surface area contributed by atoms with E-state index in [0.29, 0.717) is 16.9 Å². The standard InChI is InChI=1S/C31H35N5O7S/c1-13-6-8-15(9-7-13)33-30(44)34-18-12-19(35(2)3)16-10-14-11-17-23(36(4)5)26(39)22(29(32)42)28(41)31(17,43)27(40)20(14)25(38)21(16)24(18)37/h6-9,12,14,17,23,37,39-40,43H,10-11H2,1-5H3,(H2,32,42)(H2,33,34,44)/t14-,17-,23-,31-/m0/s1. The average molecular weight is 622 g/mol. The number of aliphatic hydroxyl groups is 3. The summed E-state index contributed by atoms with van der Waals surface area (Å²) in [5.41, 5.74) is 4.51. The van der Waals surface area contributed by atoms with Gasteiger partial charge < -0.3 is 41.7 Å². The molecule has 0 aromatic heterocycles. The van der Waals surface area contributed by atoms with Crippen LogP contribution < -0.4 is 21.3 Å². The first-order chi connectivity index (χ1) is 20.6. The molecule has 2 aromatic carbocycles. The Morgan fingerprint density at radius 3 is 2.27 bits per heavy atom. The second-order valence-electron chi connectivity index (χ2n) is 11.9. The number of allylic oxidation sites excluding steroid dienone is 1. The fourth-order valence-corrected chi connectivity index (χ4v) is 6.94. The number of nitrogens with one attached hydrogen (secondary N) is 2. The Kier molecular flexibility index (Phi) is 7.69. The van der Waals surface area contributed by atoms with Crippen LogP contribution in [0, 0.1) is 18.8 Å². The summed E-state index contributed by atoms with van der Waals surface area (Å²) < 4.78 is 0. The maximum Gasteiger partial charge on any atom is 0.255 e. The molecular formula is C31H35N5O7S. The second-order valence-corrected chi connectivity index (χ2v) is 12.4. The minimum Gasteiger partial charge on any atom is -0.510 e. The van der Waals surface area contributed by atoms with E-state index in [1.165, 1.54) is 4.90 Å². The number of hydrogen-bond acceptors (Lipinski definition) is 10. The number of phenols is 1. The molecule has 232 valence electrons. The minimum atomic E-state index is -2.71. The molecule has 0 saturated carbocycles. The van der Waals surface area contributed by atoms with Crippen molar-refractivity contribution in [3.05, 3.63) is 69.7 Å². The van der Waals surface area contributed by atoms with E-state index in [4.69, 9.17) is 18.0 Å². The number of nitrogens with zero attached hydrogens (tertiary/aromatic N) is 2. The molecule has 3 aliphatic carbocycles. The lowest BCUT2D eigenvalue weighted by molar-refractivity contribution is -0.148. The molecule has 44 heavy (non-hydrogen) atoms. The topological polar surface area (TPSA) is 189 Å². The van der Waals surface area contributed by atoms with Crippen LogP contribution in [0.15, 0.2) is 53.0 Å². The van der Waals surface area contributed by atoms with Crippen molar-refractivity contribution >= 4 is 51.9 Å². The lowest BCUT2D eigenvalue weighted by atomic mass is 9.58. The lowest BCUT2D eigenvalue weighted by Gasteiger charge is -2.50. The number of anilines is 3. The van der Waals surface area contributed by atoms with E-state index in [-0.39, 0.29) is 34.8 Å². The number of rotatable bonds is 5. The van der Waals surface area contributed by atoms with Crippen LogP contribution in [-0.4, -0.2) is 87.7 Å². The Labute approximate surface area is 259 Å². The van der Waals surface area contributed by atoms with Crippen LogP contribution in [0.4, 0.5) is 17.1 Å². The number of likely N-dealkylation sites (N-methyl/N-ethyl adjacent to an activating group) is 1. The molecule has 8 N–H and O–H groups in total. The van der Waals surface area contributed by atoms with Gasteiger partial charge in [-0.25, -0.2) is 0 Å². The maximum atomic E-state index is 14.2.